The van der Waals surface area contributed by atoms with Gasteiger partial charge in [0.2, 0.25) is 5.91 Å². The first-order valence-corrected chi connectivity index (χ1v) is 8.49. The Bertz CT molecular complexity index is 709. The first-order chi connectivity index (χ1) is 12.1. The van der Waals surface area contributed by atoms with Crippen molar-refractivity contribution in [3.05, 3.63) is 18.0 Å². The van der Waals surface area contributed by atoms with Gasteiger partial charge in [0.05, 0.1) is 37.8 Å². The number of carbonyl (C=O) groups is 2. The molecule has 2 amide bonds. The second kappa shape index (κ2) is 6.47. The second-order valence-electron chi connectivity index (χ2n) is 6.59. The van der Waals surface area contributed by atoms with Crippen LogP contribution in [0.2, 0.25) is 0 Å². The molecule has 3 aliphatic rings. The molecule has 0 aromatic carbocycles. The van der Waals surface area contributed by atoms with E-state index in [1.165, 1.54) is 0 Å². The Morgan fingerprint density at radius 2 is 2.04 bits per heavy atom. The van der Waals surface area contributed by atoms with Crippen molar-refractivity contribution in [3.8, 4) is 0 Å². The Morgan fingerprint density at radius 3 is 2.76 bits per heavy atom. The van der Waals surface area contributed by atoms with Crippen LogP contribution in [0.3, 0.4) is 0 Å². The summed E-state index contributed by atoms with van der Waals surface area (Å²) >= 11 is 0. The predicted molar refractivity (Wildman–Crippen MR) is 86.7 cm³/mol. The lowest BCUT2D eigenvalue weighted by molar-refractivity contribution is -0.130. The molecule has 0 saturated carbocycles. The van der Waals surface area contributed by atoms with Gasteiger partial charge in [-0.15, -0.1) is 0 Å². The van der Waals surface area contributed by atoms with Crippen LogP contribution < -0.4 is 0 Å². The number of nitrogens with zero attached hydrogens (tertiary/aromatic N) is 5. The van der Waals surface area contributed by atoms with E-state index >= 15 is 0 Å². The Balaban J connectivity index is 1.38. The van der Waals surface area contributed by atoms with Gasteiger partial charge in [0, 0.05) is 32.9 Å². The molecule has 1 aromatic rings. The highest BCUT2D eigenvalue weighted by Crippen LogP contribution is 2.28. The minimum Gasteiger partial charge on any atom is -0.389 e. The molecule has 1 aromatic heterocycles. The number of amides is 2. The molecule has 2 atom stereocenters. The lowest BCUT2D eigenvalue weighted by Gasteiger charge is -2.27. The highest BCUT2D eigenvalue weighted by molar-refractivity contribution is 6.40. The van der Waals surface area contributed by atoms with Crippen LogP contribution in [0.1, 0.15) is 5.69 Å². The van der Waals surface area contributed by atoms with Crippen LogP contribution in [-0.4, -0.2) is 82.6 Å². The summed E-state index contributed by atoms with van der Waals surface area (Å²) in [4.78, 5) is 34.1. The molecule has 9 nitrogen and oxygen atoms in total. The monoisotopic (exact) mass is 347 g/mol. The number of hydrogen-bond acceptors (Lipinski definition) is 6. The minimum atomic E-state index is -0.229. The maximum absolute atomic E-state index is 12.7. The summed E-state index contributed by atoms with van der Waals surface area (Å²) in [6, 6.07) is 1.83. The fourth-order valence-corrected chi connectivity index (χ4v) is 3.49. The summed E-state index contributed by atoms with van der Waals surface area (Å²) in [5.74, 6) is -0.257. The Hall–Kier alpha value is -2.42. The van der Waals surface area contributed by atoms with E-state index in [2.05, 4.69) is 10.3 Å². The number of aryl methyl sites for hydroxylation is 1. The zero-order valence-corrected chi connectivity index (χ0v) is 14.1. The van der Waals surface area contributed by atoms with E-state index < -0.39 is 0 Å². The smallest absolute Gasteiger partial charge is 0.272 e. The molecular formula is C16H21N5O4. The van der Waals surface area contributed by atoms with Gasteiger partial charge in [0.25, 0.3) is 5.91 Å². The molecule has 4 rings (SSSR count). The topological polar surface area (TPSA) is 89.3 Å². The Kier molecular flexibility index (Phi) is 4.16. The molecule has 0 radical (unpaired) electrons. The van der Waals surface area contributed by atoms with Crippen LogP contribution in [0, 0.1) is 5.92 Å². The van der Waals surface area contributed by atoms with Crippen molar-refractivity contribution in [1.29, 1.82) is 0 Å². The maximum atomic E-state index is 12.7. The molecule has 134 valence electrons. The minimum absolute atomic E-state index is 0.00475. The number of morpholine rings is 1. The third-order valence-corrected chi connectivity index (χ3v) is 4.88. The van der Waals surface area contributed by atoms with E-state index in [-0.39, 0.29) is 30.3 Å². The SMILES string of the molecule is Cn1ccc(CC(=O)N2C[C@@H]3C(C(=O)N4CCOCC4)=NO[C@@H]3C2)n1. The van der Waals surface area contributed by atoms with Crippen molar-refractivity contribution in [2.45, 2.75) is 12.5 Å². The van der Waals surface area contributed by atoms with Crippen LogP contribution in [-0.2, 0) is 32.6 Å². The Morgan fingerprint density at radius 1 is 1.24 bits per heavy atom. The summed E-state index contributed by atoms with van der Waals surface area (Å²) in [5, 5.41) is 8.25. The Labute approximate surface area is 145 Å². The van der Waals surface area contributed by atoms with Gasteiger partial charge in [-0.1, -0.05) is 5.16 Å². The molecule has 0 N–H and O–H groups in total. The molecule has 2 fully saturated rings. The average molecular weight is 347 g/mol. The average Bonchev–Trinajstić information content (AvgIpc) is 3.30. The third kappa shape index (κ3) is 3.11. The van der Waals surface area contributed by atoms with E-state index in [9.17, 15) is 9.59 Å². The summed E-state index contributed by atoms with van der Waals surface area (Å²) in [7, 11) is 1.82. The number of fused-ring (bicyclic) bond motifs is 1. The van der Waals surface area contributed by atoms with Gasteiger partial charge in [-0.05, 0) is 6.07 Å². The van der Waals surface area contributed by atoms with E-state index in [0.717, 1.165) is 5.69 Å². The van der Waals surface area contributed by atoms with Crippen molar-refractivity contribution in [2.75, 3.05) is 39.4 Å². The second-order valence-corrected chi connectivity index (χ2v) is 6.59. The first-order valence-electron chi connectivity index (χ1n) is 8.49. The predicted octanol–water partition coefficient (Wildman–Crippen LogP) is -0.965. The lowest BCUT2D eigenvalue weighted by atomic mass is 10.00. The molecule has 4 heterocycles. The number of aromatic nitrogens is 2. The molecule has 0 spiro atoms. The highest BCUT2D eigenvalue weighted by Gasteiger charge is 2.47. The van der Waals surface area contributed by atoms with E-state index in [0.29, 0.717) is 45.1 Å². The van der Waals surface area contributed by atoms with E-state index in [4.69, 9.17) is 9.57 Å². The van der Waals surface area contributed by atoms with Crippen molar-refractivity contribution in [3.63, 3.8) is 0 Å². The molecular weight excluding hydrogens is 326 g/mol. The van der Waals surface area contributed by atoms with Crippen molar-refractivity contribution >= 4 is 17.5 Å². The van der Waals surface area contributed by atoms with Gasteiger partial charge in [-0.25, -0.2) is 0 Å². The third-order valence-electron chi connectivity index (χ3n) is 4.88. The highest BCUT2D eigenvalue weighted by atomic mass is 16.6. The quantitative estimate of drug-likeness (QED) is 0.702. The number of hydrogen-bond donors (Lipinski definition) is 0. The van der Waals surface area contributed by atoms with E-state index in [1.807, 2.05) is 19.3 Å². The number of rotatable bonds is 3. The normalized spacial score (nSPS) is 25.6. The standard InChI is InChI=1S/C16H21N5O4/c1-19-3-2-11(17-19)8-14(22)21-9-12-13(10-21)25-18-15(12)16(23)20-4-6-24-7-5-20/h2-3,12-13H,4-10H2,1H3/t12-,13+/m0/s1. The van der Waals surface area contributed by atoms with Gasteiger partial charge in [-0.2, -0.15) is 5.10 Å². The van der Waals surface area contributed by atoms with Gasteiger partial charge in [0.15, 0.2) is 11.8 Å². The zero-order valence-electron chi connectivity index (χ0n) is 14.1. The van der Waals surface area contributed by atoms with Crippen molar-refractivity contribution in [1.82, 2.24) is 19.6 Å². The lowest BCUT2D eigenvalue weighted by Crippen LogP contribution is -2.46. The first kappa shape index (κ1) is 16.1. The largest absolute Gasteiger partial charge is 0.389 e. The van der Waals surface area contributed by atoms with E-state index in [1.54, 1.807) is 14.5 Å². The fraction of sp³-hybridized carbons (Fsp3) is 0.625. The van der Waals surface area contributed by atoms with Crippen LogP contribution in [0.5, 0.6) is 0 Å². The molecule has 0 aliphatic carbocycles. The van der Waals surface area contributed by atoms with Gasteiger partial charge in [-0.3, -0.25) is 14.3 Å². The number of ether oxygens (including phenoxy) is 1. The molecule has 0 bridgehead atoms. The van der Waals surface area contributed by atoms with Crippen molar-refractivity contribution < 1.29 is 19.2 Å². The van der Waals surface area contributed by atoms with Crippen LogP contribution in [0.15, 0.2) is 17.4 Å². The summed E-state index contributed by atoms with van der Waals surface area (Å²) in [6.45, 7) is 3.14. The number of carbonyl (C=O) groups excluding carboxylic acids is 2. The molecule has 0 unspecified atom stereocenters. The van der Waals surface area contributed by atoms with Crippen LogP contribution >= 0.6 is 0 Å². The summed E-state index contributed by atoms with van der Waals surface area (Å²) in [5.41, 5.74) is 1.17. The summed E-state index contributed by atoms with van der Waals surface area (Å²) < 4.78 is 6.96. The number of likely N-dealkylation sites (tertiary alicyclic amines) is 1. The summed E-state index contributed by atoms with van der Waals surface area (Å²) in [6.07, 6.45) is 1.84. The van der Waals surface area contributed by atoms with Gasteiger partial charge in [0.1, 0.15) is 0 Å². The molecule has 3 aliphatic heterocycles. The molecule has 9 heteroatoms. The maximum Gasteiger partial charge on any atom is 0.272 e. The van der Waals surface area contributed by atoms with Gasteiger partial charge >= 0.3 is 0 Å². The van der Waals surface area contributed by atoms with Crippen LogP contribution in [0.25, 0.3) is 0 Å². The zero-order chi connectivity index (χ0) is 17.4. The molecule has 25 heavy (non-hydrogen) atoms. The van der Waals surface area contributed by atoms with Crippen LogP contribution in [0.4, 0.5) is 0 Å². The number of oxime groups is 1. The molecule has 2 saturated heterocycles. The fourth-order valence-electron chi connectivity index (χ4n) is 3.49. The van der Waals surface area contributed by atoms with Crippen molar-refractivity contribution in [2.24, 2.45) is 18.1 Å². The van der Waals surface area contributed by atoms with Gasteiger partial charge < -0.3 is 19.4 Å².